The van der Waals surface area contributed by atoms with E-state index in [4.69, 9.17) is 0 Å². The van der Waals surface area contributed by atoms with Gasteiger partial charge in [-0.15, -0.1) is 0 Å². The summed E-state index contributed by atoms with van der Waals surface area (Å²) in [5.41, 5.74) is 0. The molecule has 8 bridgehead atoms. The maximum atomic E-state index is 13.2. The van der Waals surface area contributed by atoms with Crippen LogP contribution in [0.5, 0.6) is 0 Å². The highest BCUT2D eigenvalue weighted by Gasteiger charge is 2.67. The Kier molecular flexibility index (Phi) is 9.29. The van der Waals surface area contributed by atoms with Gasteiger partial charge in [0.25, 0.3) is 0 Å². The van der Waals surface area contributed by atoms with Crippen molar-refractivity contribution in [2.75, 3.05) is 0 Å². The third kappa shape index (κ3) is 5.69. The lowest BCUT2D eigenvalue weighted by Gasteiger charge is -2.46. The maximum absolute atomic E-state index is 13.2. The fourth-order valence-electron chi connectivity index (χ4n) is 13.4. The minimum absolute atomic E-state index is 0.00563. The van der Waals surface area contributed by atoms with Crippen LogP contribution in [-0.4, -0.2) is 93.6 Å². The number of carboxylic acid groups (broad SMARTS) is 4. The van der Waals surface area contributed by atoms with Crippen LogP contribution >= 0.6 is 0 Å². The van der Waals surface area contributed by atoms with Crippen LogP contribution in [0.25, 0.3) is 0 Å². The first-order chi connectivity index (χ1) is 25.1. The van der Waals surface area contributed by atoms with Crippen molar-refractivity contribution < 1.29 is 39.6 Å². The molecule has 0 aromatic heterocycles. The second-order valence-electron chi connectivity index (χ2n) is 17.6. The fraction of sp³-hybridized carbons (Fsp3) is 0.889. The zero-order chi connectivity index (χ0) is 36.0. The molecule has 12 N–H and O–H groups in total. The highest BCUT2D eigenvalue weighted by Crippen LogP contribution is 2.53. The third-order valence-electron chi connectivity index (χ3n) is 15.4. The molecule has 16 heteroatoms. The Morgan fingerprint density at radius 1 is 0.308 bits per heavy atom. The maximum Gasteiger partial charge on any atom is 0.308 e. The van der Waals surface area contributed by atoms with Crippen LogP contribution in [0.2, 0.25) is 0 Å². The van der Waals surface area contributed by atoms with Gasteiger partial charge in [-0.05, 0) is 74.0 Å². The van der Waals surface area contributed by atoms with Crippen molar-refractivity contribution in [2.24, 2.45) is 71.0 Å². The normalized spacial score (nSPS) is 52.5. The van der Waals surface area contributed by atoms with Crippen molar-refractivity contribution in [1.29, 1.82) is 0 Å². The minimum Gasteiger partial charge on any atom is -0.481 e. The van der Waals surface area contributed by atoms with Crippen LogP contribution in [-0.2, 0) is 19.2 Å². The Balaban J connectivity index is 1.14. The second-order valence-corrected chi connectivity index (χ2v) is 17.6. The molecular formula is C36H56N8O8. The molecule has 0 amide bonds. The number of carbonyl (C=O) groups is 4. The van der Waals surface area contributed by atoms with Crippen LogP contribution < -0.4 is 42.5 Å². The molecule has 5 aliphatic heterocycles. The molecule has 5 saturated heterocycles. The van der Waals surface area contributed by atoms with E-state index in [1.54, 1.807) is 0 Å². The molecule has 288 valence electrons. The van der Waals surface area contributed by atoms with Crippen molar-refractivity contribution >= 4 is 23.9 Å². The van der Waals surface area contributed by atoms with Crippen molar-refractivity contribution in [2.45, 2.75) is 126 Å². The topological polar surface area (TPSA) is 245 Å². The first-order valence-corrected chi connectivity index (χ1v) is 20.1. The van der Waals surface area contributed by atoms with Crippen LogP contribution in [0, 0.1) is 71.0 Å². The molecular weight excluding hydrogens is 672 g/mol. The van der Waals surface area contributed by atoms with E-state index < -0.39 is 71.7 Å². The number of hydrogen-bond donors (Lipinski definition) is 12. The monoisotopic (exact) mass is 728 g/mol. The van der Waals surface area contributed by atoms with Gasteiger partial charge in [0.2, 0.25) is 0 Å². The fourth-order valence-corrected chi connectivity index (χ4v) is 13.4. The van der Waals surface area contributed by atoms with E-state index in [1.165, 1.54) is 25.7 Å². The number of rotatable bonds is 4. The van der Waals surface area contributed by atoms with E-state index in [-0.39, 0.29) is 48.8 Å². The van der Waals surface area contributed by atoms with Gasteiger partial charge in [-0.1, -0.05) is 38.5 Å². The largest absolute Gasteiger partial charge is 0.481 e. The molecule has 16 nitrogen and oxygen atoms in total. The molecule has 0 spiro atoms. The average molecular weight is 729 g/mol. The van der Waals surface area contributed by atoms with Gasteiger partial charge in [-0.2, -0.15) is 0 Å². The number of carboxylic acids is 4. The van der Waals surface area contributed by atoms with Gasteiger partial charge in [-0.25, -0.2) is 0 Å². The number of hydrogen-bond acceptors (Lipinski definition) is 12. The van der Waals surface area contributed by atoms with E-state index in [1.807, 2.05) is 0 Å². The van der Waals surface area contributed by atoms with Crippen molar-refractivity contribution in [3.05, 3.63) is 0 Å². The first-order valence-electron chi connectivity index (χ1n) is 20.1. The van der Waals surface area contributed by atoms with E-state index in [9.17, 15) is 39.6 Å². The minimum atomic E-state index is -1.92. The molecule has 5 heterocycles. The van der Waals surface area contributed by atoms with Crippen LogP contribution in [0.15, 0.2) is 0 Å². The zero-order valence-corrected chi connectivity index (χ0v) is 29.5. The second kappa shape index (κ2) is 13.7. The summed E-state index contributed by atoms with van der Waals surface area (Å²) in [5.74, 6) is -13.1. The number of nitrogens with one attached hydrogen (secondary N) is 8. The number of fused-ring (bicyclic) bond motifs is 20. The van der Waals surface area contributed by atoms with Gasteiger partial charge in [0.1, 0.15) is 0 Å². The summed E-state index contributed by atoms with van der Waals surface area (Å²) < 4.78 is 0. The van der Waals surface area contributed by atoms with Gasteiger partial charge in [0.15, 0.2) is 0 Å². The predicted molar refractivity (Wildman–Crippen MR) is 183 cm³/mol. The third-order valence-corrected chi connectivity index (χ3v) is 15.4. The lowest BCUT2D eigenvalue weighted by Crippen LogP contribution is -2.62. The molecule has 9 fully saturated rings. The summed E-state index contributed by atoms with van der Waals surface area (Å²) in [6, 6.07) is 0. The molecule has 20 atom stereocenters. The number of aliphatic carboxylic acids is 4. The molecule has 20 unspecified atom stereocenters. The highest BCUT2D eigenvalue weighted by molar-refractivity contribution is 5.90. The van der Waals surface area contributed by atoms with E-state index >= 15 is 0 Å². The van der Waals surface area contributed by atoms with Gasteiger partial charge < -0.3 is 20.4 Å². The summed E-state index contributed by atoms with van der Waals surface area (Å²) in [5, 5.41) is 73.1. The van der Waals surface area contributed by atoms with Gasteiger partial charge in [0, 0.05) is 11.8 Å². The van der Waals surface area contributed by atoms with E-state index in [0.717, 1.165) is 51.4 Å². The van der Waals surface area contributed by atoms with E-state index in [2.05, 4.69) is 42.5 Å². The smallest absolute Gasteiger partial charge is 0.308 e. The van der Waals surface area contributed by atoms with Gasteiger partial charge in [0.05, 0.1) is 73.0 Å². The summed E-state index contributed by atoms with van der Waals surface area (Å²) in [6.45, 7) is 0. The average Bonchev–Trinajstić information content (AvgIpc) is 3.86. The zero-order valence-electron chi connectivity index (χ0n) is 29.5. The van der Waals surface area contributed by atoms with Crippen molar-refractivity contribution in [3.63, 3.8) is 0 Å². The molecule has 0 radical (unpaired) electrons. The highest BCUT2D eigenvalue weighted by atomic mass is 16.4. The van der Waals surface area contributed by atoms with E-state index in [0.29, 0.717) is 23.7 Å². The lowest BCUT2D eigenvalue weighted by molar-refractivity contribution is -0.182. The van der Waals surface area contributed by atoms with Crippen molar-refractivity contribution in [3.8, 4) is 0 Å². The standard InChI is InChI=1S/C36H56N8O8/c45-33(46)21-19-20(22(34(47)48)24(36(51)52)23(21)35(49)50)32-43-30-18-12-6-4-10-16(18)28(41-30)39-26-14-8-2-1-7-13(14)25(37-26)38-27-15-9-3-5-11-17(15)29(40-27)42-31(19)44-32/h13-32,37-44H,1-12H2,(H,45,46)(H,47,48)(H,49,50)(H,51,52). The van der Waals surface area contributed by atoms with Crippen LogP contribution in [0.3, 0.4) is 0 Å². The SMILES string of the molecule is O=C(O)C1C(C(=O)O)C(C(=O)O)C2C3NC4NC(NC5NC(NC6NC(NC(N3)C2C1C(=O)O)C1CCCCC61)C1CCCCC51)C1CCCCC41. The Hall–Kier alpha value is -2.44. The molecule has 0 aromatic carbocycles. The quantitative estimate of drug-likeness (QED) is 0.180. The van der Waals surface area contributed by atoms with Crippen LogP contribution in [0.1, 0.15) is 77.0 Å². The molecule has 9 rings (SSSR count). The Labute approximate surface area is 303 Å². The lowest BCUT2D eigenvalue weighted by atomic mass is 9.56. The summed E-state index contributed by atoms with van der Waals surface area (Å²) in [4.78, 5) is 52.0. The summed E-state index contributed by atoms with van der Waals surface area (Å²) in [7, 11) is 0. The molecule has 4 saturated carbocycles. The summed E-state index contributed by atoms with van der Waals surface area (Å²) in [6.07, 6.45) is 11.4. The van der Waals surface area contributed by atoms with Crippen LogP contribution in [0.4, 0.5) is 0 Å². The molecule has 52 heavy (non-hydrogen) atoms. The van der Waals surface area contributed by atoms with Crippen molar-refractivity contribution in [1.82, 2.24) is 42.5 Å². The molecule has 4 aliphatic carbocycles. The summed E-state index contributed by atoms with van der Waals surface area (Å²) >= 11 is 0. The molecule has 0 aromatic rings. The van der Waals surface area contributed by atoms with Gasteiger partial charge in [-0.3, -0.25) is 61.7 Å². The van der Waals surface area contributed by atoms with Gasteiger partial charge >= 0.3 is 23.9 Å². The first kappa shape index (κ1) is 35.3. The molecule has 9 aliphatic rings. The Morgan fingerprint density at radius 2 is 0.500 bits per heavy atom. The Morgan fingerprint density at radius 3 is 0.712 bits per heavy atom. The Bertz CT molecular complexity index is 1340. The predicted octanol–water partition coefficient (Wildman–Crippen LogP) is -0.152.